The molecule has 2 aromatic carbocycles. The van der Waals surface area contributed by atoms with Gasteiger partial charge in [0.2, 0.25) is 11.8 Å². The van der Waals surface area contributed by atoms with E-state index >= 15 is 0 Å². The summed E-state index contributed by atoms with van der Waals surface area (Å²) in [5, 5.41) is 5.51. The number of para-hydroxylation sites is 1. The van der Waals surface area contributed by atoms with Crippen LogP contribution in [0.15, 0.2) is 66.7 Å². The van der Waals surface area contributed by atoms with E-state index in [1.165, 1.54) is 13.0 Å². The van der Waals surface area contributed by atoms with Crippen molar-refractivity contribution >= 4 is 29.3 Å². The predicted octanol–water partition coefficient (Wildman–Crippen LogP) is 4.70. The fourth-order valence-corrected chi connectivity index (χ4v) is 3.16. The molecule has 28 heavy (non-hydrogen) atoms. The van der Waals surface area contributed by atoms with Crippen LogP contribution in [-0.4, -0.2) is 16.4 Å². The van der Waals surface area contributed by atoms with E-state index in [0.717, 1.165) is 22.6 Å². The molecule has 1 aromatic heterocycles. The van der Waals surface area contributed by atoms with Gasteiger partial charge in [0.25, 0.3) is 0 Å². The molecule has 142 valence electrons. The molecule has 0 saturated heterocycles. The topological polar surface area (TPSA) is 63.1 Å². The number of anilines is 2. The van der Waals surface area contributed by atoms with Crippen LogP contribution in [0.1, 0.15) is 23.9 Å². The minimum Gasteiger partial charge on any atom is -0.326 e. The van der Waals surface area contributed by atoms with Crippen LogP contribution in [0, 0.1) is 13.8 Å². The van der Waals surface area contributed by atoms with Crippen molar-refractivity contribution < 1.29 is 9.59 Å². The van der Waals surface area contributed by atoms with E-state index in [1.807, 2.05) is 38.1 Å². The van der Waals surface area contributed by atoms with Gasteiger partial charge in [-0.3, -0.25) is 9.59 Å². The maximum Gasteiger partial charge on any atom is 0.248 e. The number of nitrogens with one attached hydrogen (secondary N) is 2. The van der Waals surface area contributed by atoms with Crippen molar-refractivity contribution in [1.29, 1.82) is 0 Å². The van der Waals surface area contributed by atoms with E-state index in [2.05, 4.69) is 33.4 Å². The Bertz CT molecular complexity index is 1030. The van der Waals surface area contributed by atoms with Gasteiger partial charge < -0.3 is 15.2 Å². The second-order valence-electron chi connectivity index (χ2n) is 6.58. The number of carbonyl (C=O) groups is 2. The van der Waals surface area contributed by atoms with E-state index in [4.69, 9.17) is 0 Å². The lowest BCUT2D eigenvalue weighted by molar-refractivity contribution is -0.114. The molecule has 0 fully saturated rings. The number of amides is 2. The number of aryl methyl sites for hydroxylation is 1. The molecular weight excluding hydrogens is 350 g/mol. The summed E-state index contributed by atoms with van der Waals surface area (Å²) in [5.41, 5.74) is 5.52. The summed E-state index contributed by atoms with van der Waals surface area (Å²) in [5.74, 6) is -0.387. The third-order valence-electron chi connectivity index (χ3n) is 4.35. The highest BCUT2D eigenvalue weighted by Gasteiger charge is 2.09. The number of rotatable bonds is 5. The number of hydrogen-bond donors (Lipinski definition) is 2. The van der Waals surface area contributed by atoms with Gasteiger partial charge in [-0.25, -0.2) is 0 Å². The van der Waals surface area contributed by atoms with Crippen LogP contribution in [0.2, 0.25) is 0 Å². The Morgan fingerprint density at radius 3 is 2.25 bits per heavy atom. The first-order valence-corrected chi connectivity index (χ1v) is 9.05. The molecule has 0 unspecified atom stereocenters. The molecule has 5 heteroatoms. The molecule has 0 aliphatic heterocycles. The van der Waals surface area contributed by atoms with E-state index in [0.29, 0.717) is 11.4 Å². The smallest absolute Gasteiger partial charge is 0.248 e. The van der Waals surface area contributed by atoms with Crippen molar-refractivity contribution in [3.63, 3.8) is 0 Å². The van der Waals surface area contributed by atoms with Crippen molar-refractivity contribution in [2.24, 2.45) is 0 Å². The van der Waals surface area contributed by atoms with Crippen LogP contribution in [-0.2, 0) is 9.59 Å². The van der Waals surface area contributed by atoms with Crippen LogP contribution < -0.4 is 10.6 Å². The third kappa shape index (κ3) is 4.57. The van der Waals surface area contributed by atoms with Crippen LogP contribution in [0.5, 0.6) is 0 Å². The van der Waals surface area contributed by atoms with Crippen LogP contribution in [0.3, 0.4) is 0 Å². The second-order valence-corrected chi connectivity index (χ2v) is 6.58. The average molecular weight is 373 g/mol. The Balaban J connectivity index is 1.74. The zero-order valence-corrected chi connectivity index (χ0v) is 16.2. The molecule has 0 aliphatic carbocycles. The number of nitrogens with zero attached hydrogens (tertiary/aromatic N) is 1. The number of benzene rings is 2. The zero-order valence-electron chi connectivity index (χ0n) is 16.2. The Morgan fingerprint density at radius 2 is 1.57 bits per heavy atom. The highest BCUT2D eigenvalue weighted by molar-refractivity contribution is 6.02. The van der Waals surface area contributed by atoms with E-state index < -0.39 is 0 Å². The first-order valence-electron chi connectivity index (χ1n) is 9.05. The molecule has 0 aliphatic rings. The molecule has 3 rings (SSSR count). The largest absolute Gasteiger partial charge is 0.326 e. The molecule has 0 spiro atoms. The summed E-state index contributed by atoms with van der Waals surface area (Å²) in [6.07, 6.45) is 3.33. The lowest BCUT2D eigenvalue weighted by Gasteiger charge is -2.09. The highest BCUT2D eigenvalue weighted by atomic mass is 16.2. The minimum absolute atomic E-state index is 0.155. The molecule has 0 radical (unpaired) electrons. The van der Waals surface area contributed by atoms with Crippen molar-refractivity contribution in [3.8, 4) is 5.69 Å². The highest BCUT2D eigenvalue weighted by Crippen LogP contribution is 2.22. The Hall–Kier alpha value is -3.60. The molecule has 1 heterocycles. The second kappa shape index (κ2) is 8.39. The third-order valence-corrected chi connectivity index (χ3v) is 4.35. The van der Waals surface area contributed by atoms with Gasteiger partial charge in [-0.05, 0) is 61.9 Å². The van der Waals surface area contributed by atoms with Gasteiger partial charge in [0.15, 0.2) is 0 Å². The zero-order chi connectivity index (χ0) is 20.1. The SMILES string of the molecule is CC(=O)Nc1cccc(NC(=O)/C=C/c2cc(C)n(-c3ccccc3)c2C)c1. The maximum absolute atomic E-state index is 12.3. The van der Waals surface area contributed by atoms with Crippen molar-refractivity contribution in [1.82, 2.24) is 4.57 Å². The fourth-order valence-electron chi connectivity index (χ4n) is 3.16. The average Bonchev–Trinajstić information content (AvgIpc) is 2.94. The lowest BCUT2D eigenvalue weighted by atomic mass is 10.2. The minimum atomic E-state index is -0.232. The summed E-state index contributed by atoms with van der Waals surface area (Å²) < 4.78 is 2.16. The van der Waals surface area contributed by atoms with Crippen molar-refractivity contribution in [3.05, 3.63) is 83.7 Å². The maximum atomic E-state index is 12.3. The van der Waals surface area contributed by atoms with Gasteiger partial charge >= 0.3 is 0 Å². The molecule has 0 atom stereocenters. The molecule has 2 amide bonds. The molecule has 0 bridgehead atoms. The Labute approximate surface area is 164 Å². The monoisotopic (exact) mass is 373 g/mol. The fraction of sp³-hybridized carbons (Fsp3) is 0.130. The quantitative estimate of drug-likeness (QED) is 0.637. The Kier molecular flexibility index (Phi) is 5.75. The van der Waals surface area contributed by atoms with E-state index in [9.17, 15) is 9.59 Å². The molecule has 3 aromatic rings. The van der Waals surface area contributed by atoms with Gasteiger partial charge in [-0.2, -0.15) is 0 Å². The van der Waals surface area contributed by atoms with Gasteiger partial charge in [0, 0.05) is 41.4 Å². The standard InChI is InChI=1S/C23H23N3O2/c1-16-14-19(17(2)26(16)22-10-5-4-6-11-22)12-13-23(28)25-21-9-7-8-20(15-21)24-18(3)27/h4-15H,1-3H3,(H,24,27)(H,25,28)/b13-12+. The van der Waals surface area contributed by atoms with Crippen LogP contribution in [0.4, 0.5) is 11.4 Å². The first-order chi connectivity index (χ1) is 13.4. The van der Waals surface area contributed by atoms with Gasteiger partial charge in [-0.1, -0.05) is 24.3 Å². The van der Waals surface area contributed by atoms with E-state index in [-0.39, 0.29) is 11.8 Å². The predicted molar refractivity (Wildman–Crippen MR) is 114 cm³/mol. The van der Waals surface area contributed by atoms with E-state index in [1.54, 1.807) is 24.3 Å². The number of carbonyl (C=O) groups excluding carboxylic acids is 2. The summed E-state index contributed by atoms with van der Waals surface area (Å²) in [6, 6.07) is 19.2. The molecule has 2 N–H and O–H groups in total. The van der Waals surface area contributed by atoms with Crippen LogP contribution in [0.25, 0.3) is 11.8 Å². The summed E-state index contributed by atoms with van der Waals surface area (Å²) in [7, 11) is 0. The molecular formula is C23H23N3O2. The summed E-state index contributed by atoms with van der Waals surface area (Å²) >= 11 is 0. The summed E-state index contributed by atoms with van der Waals surface area (Å²) in [4.78, 5) is 23.5. The van der Waals surface area contributed by atoms with Crippen LogP contribution >= 0.6 is 0 Å². The lowest BCUT2D eigenvalue weighted by Crippen LogP contribution is -2.09. The number of hydrogen-bond acceptors (Lipinski definition) is 2. The summed E-state index contributed by atoms with van der Waals surface area (Å²) in [6.45, 7) is 5.53. The Morgan fingerprint density at radius 1 is 0.893 bits per heavy atom. The normalized spacial score (nSPS) is 10.8. The van der Waals surface area contributed by atoms with Crippen molar-refractivity contribution in [2.45, 2.75) is 20.8 Å². The molecule has 5 nitrogen and oxygen atoms in total. The van der Waals surface area contributed by atoms with Gasteiger partial charge in [0.1, 0.15) is 0 Å². The number of aromatic nitrogens is 1. The van der Waals surface area contributed by atoms with Gasteiger partial charge in [0.05, 0.1) is 0 Å². The molecule has 0 saturated carbocycles. The van der Waals surface area contributed by atoms with Gasteiger partial charge in [-0.15, -0.1) is 0 Å². The van der Waals surface area contributed by atoms with Crippen molar-refractivity contribution in [2.75, 3.05) is 10.6 Å². The first kappa shape index (κ1) is 19.2.